The van der Waals surface area contributed by atoms with E-state index in [0.29, 0.717) is 17.5 Å². The lowest BCUT2D eigenvalue weighted by molar-refractivity contribution is 0.615. The Morgan fingerprint density at radius 3 is 2.88 bits per heavy atom. The van der Waals surface area contributed by atoms with Crippen molar-refractivity contribution in [2.45, 2.75) is 25.4 Å². The second-order valence-corrected chi connectivity index (χ2v) is 7.12. The van der Waals surface area contributed by atoms with Gasteiger partial charge in [0.15, 0.2) is 10.8 Å². The third kappa shape index (κ3) is 2.76. The van der Waals surface area contributed by atoms with E-state index in [9.17, 15) is 4.79 Å². The van der Waals surface area contributed by atoms with E-state index in [-0.39, 0.29) is 5.56 Å². The molecule has 1 saturated carbocycles. The molecule has 1 N–H and O–H groups in total. The van der Waals surface area contributed by atoms with Crippen molar-refractivity contribution in [2.75, 3.05) is 5.32 Å². The lowest BCUT2D eigenvalue weighted by atomic mass is 10.2. The zero-order valence-electron chi connectivity index (χ0n) is 13.7. The summed E-state index contributed by atoms with van der Waals surface area (Å²) in [4.78, 5) is 17.2. The van der Waals surface area contributed by atoms with Crippen LogP contribution in [0, 0.1) is 0 Å². The molecule has 8 nitrogen and oxygen atoms in total. The van der Waals surface area contributed by atoms with Gasteiger partial charge >= 0.3 is 0 Å². The molecule has 0 bridgehead atoms. The second kappa shape index (κ2) is 6.03. The highest BCUT2D eigenvalue weighted by atomic mass is 32.1. The van der Waals surface area contributed by atoms with Gasteiger partial charge in [-0.05, 0) is 47.5 Å². The van der Waals surface area contributed by atoms with Gasteiger partial charge in [-0.25, -0.2) is 9.67 Å². The van der Waals surface area contributed by atoms with E-state index in [4.69, 9.17) is 0 Å². The van der Waals surface area contributed by atoms with Crippen molar-refractivity contribution in [3.8, 4) is 11.4 Å². The first-order valence-electron chi connectivity index (χ1n) is 8.36. The zero-order chi connectivity index (χ0) is 17.5. The standard InChI is InChI=1S/C17H15N7OS/c25-15-9-13(19-17-23(15)7-8-26-17)10-18-12-3-1-11(2-4-12)16-20-21-22-24(16)14-5-6-14/h1-4,7-9,14,18H,5-6,10H2. The summed E-state index contributed by atoms with van der Waals surface area (Å²) in [5.41, 5.74) is 2.60. The van der Waals surface area contributed by atoms with E-state index in [1.165, 1.54) is 11.3 Å². The van der Waals surface area contributed by atoms with Crippen molar-refractivity contribution < 1.29 is 0 Å². The molecular formula is C17H15N7OS. The van der Waals surface area contributed by atoms with Crippen molar-refractivity contribution in [3.05, 3.63) is 58.0 Å². The number of nitrogens with zero attached hydrogens (tertiary/aromatic N) is 6. The van der Waals surface area contributed by atoms with Gasteiger partial charge in [-0.1, -0.05) is 0 Å². The van der Waals surface area contributed by atoms with E-state index in [2.05, 4.69) is 25.8 Å². The minimum Gasteiger partial charge on any atom is -0.379 e. The van der Waals surface area contributed by atoms with Crippen LogP contribution in [-0.2, 0) is 6.54 Å². The van der Waals surface area contributed by atoms with E-state index < -0.39 is 0 Å². The van der Waals surface area contributed by atoms with Crippen LogP contribution in [0.2, 0.25) is 0 Å². The predicted octanol–water partition coefficient (Wildman–Crippen LogP) is 2.36. The normalized spacial score (nSPS) is 14.0. The van der Waals surface area contributed by atoms with Crippen LogP contribution in [-0.4, -0.2) is 29.6 Å². The molecule has 0 unspecified atom stereocenters. The monoisotopic (exact) mass is 365 g/mol. The Labute approximate surface area is 152 Å². The third-order valence-corrected chi connectivity index (χ3v) is 5.12. The molecule has 1 fully saturated rings. The summed E-state index contributed by atoms with van der Waals surface area (Å²) < 4.78 is 3.45. The molecule has 0 aliphatic heterocycles. The molecule has 0 radical (unpaired) electrons. The summed E-state index contributed by atoms with van der Waals surface area (Å²) in [6.45, 7) is 0.489. The Morgan fingerprint density at radius 2 is 2.08 bits per heavy atom. The van der Waals surface area contributed by atoms with Crippen molar-refractivity contribution >= 4 is 22.0 Å². The van der Waals surface area contributed by atoms with Gasteiger partial charge in [-0.15, -0.1) is 16.4 Å². The zero-order valence-corrected chi connectivity index (χ0v) is 14.6. The molecule has 3 heterocycles. The maximum absolute atomic E-state index is 12.0. The van der Waals surface area contributed by atoms with Crippen LogP contribution in [0.3, 0.4) is 0 Å². The number of thiazole rings is 1. The highest BCUT2D eigenvalue weighted by Gasteiger charge is 2.28. The first-order chi connectivity index (χ1) is 12.8. The summed E-state index contributed by atoms with van der Waals surface area (Å²) in [6.07, 6.45) is 4.01. The number of anilines is 1. The highest BCUT2D eigenvalue weighted by Crippen LogP contribution is 2.36. The van der Waals surface area contributed by atoms with Crippen LogP contribution >= 0.6 is 11.3 Å². The highest BCUT2D eigenvalue weighted by molar-refractivity contribution is 7.15. The minimum atomic E-state index is -0.0599. The summed E-state index contributed by atoms with van der Waals surface area (Å²) in [5, 5.41) is 17.2. The Kier molecular flexibility index (Phi) is 3.52. The second-order valence-electron chi connectivity index (χ2n) is 6.25. The van der Waals surface area contributed by atoms with Gasteiger partial charge in [0.25, 0.3) is 5.56 Å². The third-order valence-electron chi connectivity index (χ3n) is 4.36. The Hall–Kier alpha value is -3.07. The number of rotatable bonds is 5. The van der Waals surface area contributed by atoms with Gasteiger partial charge < -0.3 is 5.32 Å². The molecule has 9 heteroatoms. The van der Waals surface area contributed by atoms with E-state index in [0.717, 1.165) is 35.6 Å². The quantitative estimate of drug-likeness (QED) is 0.584. The predicted molar refractivity (Wildman–Crippen MR) is 98.2 cm³/mol. The molecule has 0 amide bonds. The summed E-state index contributed by atoms with van der Waals surface area (Å²) >= 11 is 1.45. The van der Waals surface area contributed by atoms with Crippen molar-refractivity contribution in [1.82, 2.24) is 29.6 Å². The van der Waals surface area contributed by atoms with Gasteiger partial charge in [0.1, 0.15) is 0 Å². The van der Waals surface area contributed by atoms with E-state index in [1.54, 1.807) is 16.7 Å². The first kappa shape index (κ1) is 15.2. The number of benzene rings is 1. The molecule has 5 rings (SSSR count). The van der Waals surface area contributed by atoms with Crippen LogP contribution in [0.15, 0.2) is 46.7 Å². The number of nitrogens with one attached hydrogen (secondary N) is 1. The Balaban J connectivity index is 1.33. The van der Waals surface area contributed by atoms with Crippen molar-refractivity contribution in [1.29, 1.82) is 0 Å². The molecule has 0 atom stereocenters. The molecule has 0 spiro atoms. The maximum Gasteiger partial charge on any atom is 0.258 e. The largest absolute Gasteiger partial charge is 0.379 e. The van der Waals surface area contributed by atoms with Gasteiger partial charge in [0, 0.05) is 28.9 Å². The van der Waals surface area contributed by atoms with Crippen LogP contribution in [0.25, 0.3) is 16.3 Å². The molecule has 0 saturated heterocycles. The molecular weight excluding hydrogens is 350 g/mol. The first-order valence-corrected chi connectivity index (χ1v) is 9.24. The lowest BCUT2D eigenvalue weighted by Gasteiger charge is -2.07. The fraction of sp³-hybridized carbons (Fsp3) is 0.235. The smallest absolute Gasteiger partial charge is 0.258 e. The maximum atomic E-state index is 12.0. The number of fused-ring (bicyclic) bond motifs is 1. The fourth-order valence-corrected chi connectivity index (χ4v) is 3.60. The molecule has 3 aromatic heterocycles. The van der Waals surface area contributed by atoms with Crippen LogP contribution < -0.4 is 10.9 Å². The van der Waals surface area contributed by atoms with Gasteiger partial charge in [0.05, 0.1) is 18.3 Å². The van der Waals surface area contributed by atoms with Crippen molar-refractivity contribution in [3.63, 3.8) is 0 Å². The van der Waals surface area contributed by atoms with Crippen LogP contribution in [0.1, 0.15) is 24.6 Å². The average molecular weight is 365 g/mol. The minimum absolute atomic E-state index is 0.0599. The molecule has 1 aromatic carbocycles. The number of hydrogen-bond acceptors (Lipinski definition) is 7. The topological polar surface area (TPSA) is 90.0 Å². The molecule has 26 heavy (non-hydrogen) atoms. The summed E-state index contributed by atoms with van der Waals surface area (Å²) in [6, 6.07) is 9.96. The molecule has 4 aromatic rings. The van der Waals surface area contributed by atoms with Gasteiger partial charge in [-0.3, -0.25) is 9.20 Å². The molecule has 1 aliphatic rings. The number of aromatic nitrogens is 6. The van der Waals surface area contributed by atoms with Crippen LogP contribution in [0.4, 0.5) is 5.69 Å². The van der Waals surface area contributed by atoms with Crippen LogP contribution in [0.5, 0.6) is 0 Å². The fourth-order valence-electron chi connectivity index (χ4n) is 2.86. The summed E-state index contributed by atoms with van der Waals surface area (Å²) in [7, 11) is 0. The van der Waals surface area contributed by atoms with Crippen molar-refractivity contribution in [2.24, 2.45) is 0 Å². The lowest BCUT2D eigenvalue weighted by Crippen LogP contribution is -2.14. The van der Waals surface area contributed by atoms with E-state index >= 15 is 0 Å². The van der Waals surface area contributed by atoms with E-state index in [1.807, 2.05) is 34.3 Å². The Morgan fingerprint density at radius 1 is 1.23 bits per heavy atom. The number of tetrazole rings is 1. The summed E-state index contributed by atoms with van der Waals surface area (Å²) in [5.74, 6) is 0.803. The number of hydrogen-bond donors (Lipinski definition) is 1. The SMILES string of the molecule is O=c1cc(CNc2ccc(-c3nnnn3C3CC3)cc2)nc2sccn12. The van der Waals surface area contributed by atoms with Gasteiger partial charge in [-0.2, -0.15) is 0 Å². The average Bonchev–Trinajstić information content (AvgIpc) is 3.18. The Bertz CT molecular complexity index is 1120. The molecule has 130 valence electrons. The van der Waals surface area contributed by atoms with Gasteiger partial charge in [0.2, 0.25) is 0 Å². The molecule has 1 aliphatic carbocycles.